The number of nitrogens with one attached hydrogen (secondary N) is 1. The number of aryl methyl sites for hydroxylation is 2. The van der Waals surface area contributed by atoms with Gasteiger partial charge in [0.15, 0.2) is 0 Å². The van der Waals surface area contributed by atoms with Crippen molar-refractivity contribution in [2.75, 3.05) is 42.9 Å². The van der Waals surface area contributed by atoms with Crippen LogP contribution in [0.5, 0.6) is 0 Å². The predicted octanol–water partition coefficient (Wildman–Crippen LogP) is 3.60. The Morgan fingerprint density at radius 1 is 1.04 bits per heavy atom. The van der Waals surface area contributed by atoms with E-state index >= 15 is 0 Å². The number of pyridine rings is 1. The van der Waals surface area contributed by atoms with Gasteiger partial charge in [-0.25, -0.2) is 0 Å². The summed E-state index contributed by atoms with van der Waals surface area (Å²) >= 11 is 0. The van der Waals surface area contributed by atoms with Crippen LogP contribution in [0, 0.1) is 0 Å². The van der Waals surface area contributed by atoms with Gasteiger partial charge < -0.3 is 15.1 Å². The number of carbonyl (C=O) groups is 1. The van der Waals surface area contributed by atoms with E-state index in [0.717, 1.165) is 68.1 Å². The number of hydrogen-bond acceptors (Lipinski definition) is 4. The van der Waals surface area contributed by atoms with Crippen LogP contribution in [0.1, 0.15) is 42.4 Å². The van der Waals surface area contributed by atoms with Gasteiger partial charge in [0, 0.05) is 43.8 Å². The molecule has 144 valence electrons. The van der Waals surface area contributed by atoms with E-state index in [1.165, 1.54) is 0 Å². The third kappa shape index (κ3) is 4.48. The average molecular weight is 367 g/mol. The van der Waals surface area contributed by atoms with Crippen molar-refractivity contribution in [3.8, 4) is 0 Å². The van der Waals surface area contributed by atoms with Gasteiger partial charge >= 0.3 is 0 Å². The topological polar surface area (TPSA) is 48.5 Å². The number of aromatic nitrogens is 1. The lowest BCUT2D eigenvalue weighted by atomic mass is 10.0. The Morgan fingerprint density at radius 2 is 1.70 bits per heavy atom. The zero-order valence-corrected chi connectivity index (χ0v) is 16.7. The molecule has 0 bridgehead atoms. The normalized spacial score (nSPS) is 15.0. The van der Waals surface area contributed by atoms with Crippen LogP contribution in [0.25, 0.3) is 0 Å². The van der Waals surface area contributed by atoms with Gasteiger partial charge in [-0.1, -0.05) is 39.0 Å². The minimum absolute atomic E-state index is 0.139. The van der Waals surface area contributed by atoms with Gasteiger partial charge in [-0.2, -0.15) is 0 Å². The van der Waals surface area contributed by atoms with E-state index in [2.05, 4.69) is 59.1 Å². The minimum Gasteiger partial charge on any atom is -0.369 e. The number of hydrogen-bond donors (Lipinski definition) is 1. The Kier molecular flexibility index (Phi) is 6.45. The molecule has 5 nitrogen and oxygen atoms in total. The highest BCUT2D eigenvalue weighted by Gasteiger charge is 2.18. The van der Waals surface area contributed by atoms with Gasteiger partial charge in [0.05, 0.1) is 0 Å². The first-order valence-electron chi connectivity index (χ1n) is 10.0. The molecular weight excluding hydrogens is 336 g/mol. The number of rotatable bonds is 6. The van der Waals surface area contributed by atoms with Crippen LogP contribution >= 0.6 is 0 Å². The van der Waals surface area contributed by atoms with E-state index in [1.807, 2.05) is 12.1 Å². The van der Waals surface area contributed by atoms with Gasteiger partial charge in [-0.15, -0.1) is 0 Å². The first-order valence-corrected chi connectivity index (χ1v) is 10.0. The molecular formula is C22H30N4O. The number of piperazine rings is 1. The van der Waals surface area contributed by atoms with Crippen LogP contribution in [-0.2, 0) is 12.8 Å². The molecule has 0 radical (unpaired) electrons. The molecule has 1 aromatic carbocycles. The van der Waals surface area contributed by atoms with Crippen LogP contribution in [-0.4, -0.2) is 48.5 Å². The van der Waals surface area contributed by atoms with Crippen molar-refractivity contribution in [1.29, 1.82) is 0 Å². The Hall–Kier alpha value is -2.40. The van der Waals surface area contributed by atoms with Gasteiger partial charge in [-0.05, 0) is 42.6 Å². The number of likely N-dealkylation sites (N-methyl/N-ethyl adjacent to an activating group) is 1. The first kappa shape index (κ1) is 19.4. The standard InChI is InChI=1S/C22H30N4O/c1-4-17-8-7-9-18(5-2)21(17)24-22(27)20-16-19(10-11-23-20)26-14-12-25(6-3)13-15-26/h7-11,16H,4-6,12-15H2,1-3H3,(H,24,27). The van der Waals surface area contributed by atoms with Crippen LogP contribution in [0.4, 0.5) is 11.4 Å². The molecule has 1 amide bonds. The lowest BCUT2D eigenvalue weighted by Crippen LogP contribution is -2.46. The van der Waals surface area contributed by atoms with Crippen molar-refractivity contribution < 1.29 is 4.79 Å². The Balaban J connectivity index is 1.77. The van der Waals surface area contributed by atoms with Crippen LogP contribution in [0.3, 0.4) is 0 Å². The van der Waals surface area contributed by atoms with Crippen molar-refractivity contribution in [3.63, 3.8) is 0 Å². The highest BCUT2D eigenvalue weighted by Crippen LogP contribution is 2.24. The first-order chi connectivity index (χ1) is 13.2. The Labute approximate surface area is 162 Å². The molecule has 1 aromatic heterocycles. The lowest BCUT2D eigenvalue weighted by Gasteiger charge is -2.35. The van der Waals surface area contributed by atoms with E-state index in [0.29, 0.717) is 5.69 Å². The number of carbonyl (C=O) groups excluding carboxylic acids is 1. The highest BCUT2D eigenvalue weighted by molar-refractivity contribution is 6.04. The summed E-state index contributed by atoms with van der Waals surface area (Å²) in [7, 11) is 0. The summed E-state index contributed by atoms with van der Waals surface area (Å²) in [5.41, 5.74) is 4.81. The molecule has 0 atom stereocenters. The van der Waals surface area contributed by atoms with E-state index in [-0.39, 0.29) is 5.91 Å². The van der Waals surface area contributed by atoms with Crippen molar-refractivity contribution in [2.45, 2.75) is 33.6 Å². The zero-order valence-electron chi connectivity index (χ0n) is 16.7. The van der Waals surface area contributed by atoms with Gasteiger partial charge in [-0.3, -0.25) is 9.78 Å². The van der Waals surface area contributed by atoms with Gasteiger partial charge in [0.1, 0.15) is 5.69 Å². The smallest absolute Gasteiger partial charge is 0.274 e. The van der Waals surface area contributed by atoms with Crippen molar-refractivity contribution in [3.05, 3.63) is 53.3 Å². The van der Waals surface area contributed by atoms with Crippen LogP contribution in [0.2, 0.25) is 0 Å². The molecule has 1 fully saturated rings. The summed E-state index contributed by atoms with van der Waals surface area (Å²) in [6.45, 7) is 11.6. The fourth-order valence-corrected chi connectivity index (χ4v) is 3.64. The molecule has 3 rings (SSSR count). The largest absolute Gasteiger partial charge is 0.369 e. The second-order valence-corrected chi connectivity index (χ2v) is 6.93. The molecule has 0 spiro atoms. The third-order valence-electron chi connectivity index (χ3n) is 5.40. The molecule has 5 heteroatoms. The van der Waals surface area contributed by atoms with E-state index < -0.39 is 0 Å². The van der Waals surface area contributed by atoms with Gasteiger partial charge in [0.25, 0.3) is 5.91 Å². The SMILES string of the molecule is CCc1cccc(CC)c1NC(=O)c1cc(N2CCN(CC)CC2)ccn1. The summed E-state index contributed by atoms with van der Waals surface area (Å²) in [4.78, 5) is 22.0. The van der Waals surface area contributed by atoms with E-state index in [1.54, 1.807) is 6.20 Å². The Morgan fingerprint density at radius 3 is 2.30 bits per heavy atom. The number of anilines is 2. The van der Waals surface area contributed by atoms with Crippen LogP contribution < -0.4 is 10.2 Å². The summed E-state index contributed by atoms with van der Waals surface area (Å²) in [5, 5.41) is 3.12. The number of para-hydroxylation sites is 1. The second-order valence-electron chi connectivity index (χ2n) is 6.93. The summed E-state index contributed by atoms with van der Waals surface area (Å²) in [5.74, 6) is -0.139. The molecule has 0 unspecified atom stereocenters. The molecule has 27 heavy (non-hydrogen) atoms. The summed E-state index contributed by atoms with van der Waals surface area (Å²) in [6.07, 6.45) is 3.51. The third-order valence-corrected chi connectivity index (χ3v) is 5.40. The minimum atomic E-state index is -0.139. The van der Waals surface area contributed by atoms with Crippen LogP contribution in [0.15, 0.2) is 36.5 Å². The monoisotopic (exact) mass is 366 g/mol. The molecule has 2 aromatic rings. The summed E-state index contributed by atoms with van der Waals surface area (Å²) in [6, 6.07) is 10.1. The van der Waals surface area contributed by atoms with E-state index in [9.17, 15) is 4.79 Å². The fraction of sp³-hybridized carbons (Fsp3) is 0.455. The predicted molar refractivity (Wildman–Crippen MR) is 112 cm³/mol. The zero-order chi connectivity index (χ0) is 19.2. The van der Waals surface area contributed by atoms with E-state index in [4.69, 9.17) is 0 Å². The number of amides is 1. The van der Waals surface area contributed by atoms with Crippen molar-refractivity contribution in [2.24, 2.45) is 0 Å². The number of nitrogens with zero attached hydrogens (tertiary/aromatic N) is 3. The van der Waals surface area contributed by atoms with Crippen molar-refractivity contribution in [1.82, 2.24) is 9.88 Å². The quantitative estimate of drug-likeness (QED) is 0.849. The molecule has 1 aliphatic heterocycles. The average Bonchev–Trinajstić information content (AvgIpc) is 2.74. The maximum absolute atomic E-state index is 12.9. The molecule has 0 saturated carbocycles. The molecule has 2 heterocycles. The molecule has 1 saturated heterocycles. The number of benzene rings is 1. The highest BCUT2D eigenvalue weighted by atomic mass is 16.1. The molecule has 1 N–H and O–H groups in total. The fourth-order valence-electron chi connectivity index (χ4n) is 3.64. The second kappa shape index (κ2) is 9.00. The van der Waals surface area contributed by atoms with Gasteiger partial charge in [0.2, 0.25) is 0 Å². The Bertz CT molecular complexity index is 759. The maximum Gasteiger partial charge on any atom is 0.274 e. The molecule has 0 aliphatic carbocycles. The van der Waals surface area contributed by atoms with Crippen molar-refractivity contribution >= 4 is 17.3 Å². The maximum atomic E-state index is 12.9. The lowest BCUT2D eigenvalue weighted by molar-refractivity contribution is 0.102. The summed E-state index contributed by atoms with van der Waals surface area (Å²) < 4.78 is 0. The molecule has 1 aliphatic rings.